The van der Waals surface area contributed by atoms with Crippen LogP contribution in [0, 0.1) is 12.7 Å². The highest BCUT2D eigenvalue weighted by Gasteiger charge is 2.46. The summed E-state index contributed by atoms with van der Waals surface area (Å²) in [6.45, 7) is 2.60. The Hall–Kier alpha value is -2.89. The highest BCUT2D eigenvalue weighted by Crippen LogP contribution is 2.39. The van der Waals surface area contributed by atoms with Crippen molar-refractivity contribution in [1.29, 1.82) is 0 Å². The number of carbonyl (C=O) groups excluding carboxylic acids is 1. The molecular weight excluding hydrogens is 560 g/mol. The summed E-state index contributed by atoms with van der Waals surface area (Å²) in [4.78, 5) is 17.7. The summed E-state index contributed by atoms with van der Waals surface area (Å²) < 4.78 is 97.2. The number of rotatable bonds is 5. The molecule has 0 radical (unpaired) electrons. The topological polar surface area (TPSA) is 50.7 Å². The highest BCUT2D eigenvalue weighted by molar-refractivity contribution is 6.30. The first-order chi connectivity index (χ1) is 18.1. The zero-order chi connectivity index (χ0) is 29.7. The molecule has 39 heavy (non-hydrogen) atoms. The second-order valence-corrected chi connectivity index (χ2v) is 9.23. The van der Waals surface area contributed by atoms with E-state index < -0.39 is 48.0 Å². The molecule has 1 amide bonds. The van der Waals surface area contributed by atoms with Crippen LogP contribution in [0.1, 0.15) is 78.7 Å². The van der Waals surface area contributed by atoms with E-state index in [4.69, 9.17) is 16.4 Å². The summed E-state index contributed by atoms with van der Waals surface area (Å²) in [5.41, 5.74) is 1.02. The Bertz CT molecular complexity index is 1190. The number of amides is 1. The lowest BCUT2D eigenvalue weighted by molar-refractivity contribution is -0.0901. The molecule has 13 heteroatoms. The fraction of sp³-hybridized carbons (Fsp3) is 0.462. The second kappa shape index (κ2) is 13.0. The van der Waals surface area contributed by atoms with Crippen LogP contribution in [0.5, 0.6) is 0 Å². The van der Waals surface area contributed by atoms with Crippen LogP contribution in [0.25, 0.3) is 0 Å². The van der Waals surface area contributed by atoms with Crippen molar-refractivity contribution < 1.29 is 44.8 Å². The molecule has 1 N–H and O–H groups in total. The van der Waals surface area contributed by atoms with Crippen LogP contribution >= 0.6 is 11.6 Å². The van der Waals surface area contributed by atoms with E-state index in [0.717, 1.165) is 6.07 Å². The van der Waals surface area contributed by atoms with Crippen LogP contribution in [0.15, 0.2) is 35.5 Å². The van der Waals surface area contributed by atoms with Crippen molar-refractivity contribution in [2.75, 3.05) is 0 Å². The molecule has 0 bridgehead atoms. The Balaban J connectivity index is 0.000000815. The lowest BCUT2D eigenvalue weighted by atomic mass is 9.88. The molecule has 0 aromatic heterocycles. The predicted molar refractivity (Wildman–Crippen MR) is 131 cm³/mol. The van der Waals surface area contributed by atoms with Gasteiger partial charge in [-0.3, -0.25) is 4.79 Å². The highest BCUT2D eigenvalue weighted by atomic mass is 35.5. The Morgan fingerprint density at radius 2 is 1.74 bits per heavy atom. The smallest absolute Gasteiger partial charge is 0.379 e. The van der Waals surface area contributed by atoms with Crippen LogP contribution < -0.4 is 5.32 Å². The molecule has 2 aliphatic rings. The summed E-state index contributed by atoms with van der Waals surface area (Å²) >= 11 is 5.92. The van der Waals surface area contributed by atoms with Gasteiger partial charge in [0.15, 0.2) is 6.10 Å². The zero-order valence-electron chi connectivity index (χ0n) is 21.4. The maximum absolute atomic E-state index is 14.8. The van der Waals surface area contributed by atoms with E-state index in [-0.39, 0.29) is 29.8 Å². The summed E-state index contributed by atoms with van der Waals surface area (Å²) in [5.74, 6) is -7.70. The molecule has 1 aliphatic carbocycles. The molecule has 4 nitrogen and oxygen atoms in total. The number of nitrogens with one attached hydrogen (secondary N) is 1. The van der Waals surface area contributed by atoms with Crippen molar-refractivity contribution in [1.82, 2.24) is 5.32 Å². The van der Waals surface area contributed by atoms with Gasteiger partial charge in [-0.05, 0) is 42.3 Å². The minimum atomic E-state index is -3.67. The number of aryl methyl sites for hydroxylation is 1. The summed E-state index contributed by atoms with van der Waals surface area (Å²) in [6.07, 6.45) is -1.59. The van der Waals surface area contributed by atoms with Gasteiger partial charge in [0.2, 0.25) is 0 Å². The van der Waals surface area contributed by atoms with Crippen molar-refractivity contribution in [2.45, 2.75) is 77.6 Å². The molecule has 1 saturated carbocycles. The molecule has 0 spiro atoms. The van der Waals surface area contributed by atoms with E-state index in [1.807, 2.05) is 13.8 Å². The largest absolute Gasteiger partial charge is 0.387 e. The standard InChI is InChI=1S/C23H20ClF5N2O2.C2H6.CHF3/c1-11-5-12(3-4-15(11)21(32)30-14-9-23(28,29)10-14)18-8-19(33-31-18)16-6-13(24)7-17(20(16)25)22(2,26)27;1-2;2-1(3)4/h3-7,14,19H,8-10H2,1-2H3,(H,30,32);1-2H3;1H. The second-order valence-electron chi connectivity index (χ2n) is 8.79. The van der Waals surface area contributed by atoms with Gasteiger partial charge in [-0.2, -0.15) is 13.2 Å². The number of benzene rings is 2. The van der Waals surface area contributed by atoms with Crippen LogP contribution in [0.4, 0.5) is 35.1 Å². The number of alkyl halides is 7. The predicted octanol–water partition coefficient (Wildman–Crippen LogP) is 8.50. The molecule has 4 rings (SSSR count). The van der Waals surface area contributed by atoms with Gasteiger partial charge in [0.25, 0.3) is 17.8 Å². The van der Waals surface area contributed by atoms with Gasteiger partial charge in [0.1, 0.15) is 5.82 Å². The molecule has 1 heterocycles. The molecule has 216 valence electrons. The van der Waals surface area contributed by atoms with Gasteiger partial charge in [0.05, 0.1) is 11.3 Å². The Morgan fingerprint density at radius 1 is 1.15 bits per heavy atom. The summed E-state index contributed by atoms with van der Waals surface area (Å²) in [5, 5.41) is 6.50. The summed E-state index contributed by atoms with van der Waals surface area (Å²) in [7, 11) is 0. The number of hydrogen-bond donors (Lipinski definition) is 1. The minimum absolute atomic E-state index is 0.0459. The monoisotopic (exact) mass is 586 g/mol. The lowest BCUT2D eigenvalue weighted by Gasteiger charge is -2.35. The average Bonchev–Trinajstić information content (AvgIpc) is 3.29. The van der Waals surface area contributed by atoms with E-state index in [1.54, 1.807) is 25.1 Å². The SMILES string of the molecule is CC.Cc1cc(C2=NOC(c3cc(Cl)cc(C(C)(F)F)c3F)C2)ccc1C(=O)NC1CC(F)(F)C1.FC(F)F. The number of oxime groups is 1. The third-order valence-corrected chi connectivity index (χ3v) is 6.00. The minimum Gasteiger partial charge on any atom is -0.387 e. The zero-order valence-corrected chi connectivity index (χ0v) is 22.2. The number of halogens is 9. The first-order valence-electron chi connectivity index (χ1n) is 11.9. The van der Waals surface area contributed by atoms with Crippen molar-refractivity contribution in [3.63, 3.8) is 0 Å². The molecule has 0 saturated heterocycles. The average molecular weight is 587 g/mol. The van der Waals surface area contributed by atoms with Crippen molar-refractivity contribution in [2.24, 2.45) is 5.16 Å². The van der Waals surface area contributed by atoms with E-state index >= 15 is 0 Å². The van der Waals surface area contributed by atoms with Crippen LogP contribution in [0.3, 0.4) is 0 Å². The first-order valence-corrected chi connectivity index (χ1v) is 12.3. The Kier molecular flexibility index (Phi) is 10.8. The van der Waals surface area contributed by atoms with Crippen LogP contribution in [0.2, 0.25) is 5.02 Å². The van der Waals surface area contributed by atoms with Crippen LogP contribution in [-0.4, -0.2) is 30.3 Å². The van der Waals surface area contributed by atoms with Gasteiger partial charge < -0.3 is 10.2 Å². The Morgan fingerprint density at radius 3 is 2.26 bits per heavy atom. The molecule has 1 fully saturated rings. The Labute approximate surface area is 225 Å². The molecular formula is C26H27ClF8N2O2. The van der Waals surface area contributed by atoms with E-state index in [1.165, 1.54) is 6.07 Å². The molecule has 2 aromatic carbocycles. The van der Waals surface area contributed by atoms with Gasteiger partial charge in [-0.15, -0.1) is 0 Å². The van der Waals surface area contributed by atoms with Crippen molar-refractivity contribution in [3.05, 3.63) is 69.0 Å². The van der Waals surface area contributed by atoms with Crippen molar-refractivity contribution >= 4 is 23.2 Å². The van der Waals surface area contributed by atoms with Gasteiger partial charge in [-0.25, -0.2) is 22.0 Å². The number of nitrogens with zero attached hydrogens (tertiary/aromatic N) is 1. The fourth-order valence-electron chi connectivity index (χ4n) is 4.00. The molecule has 1 aliphatic heterocycles. The lowest BCUT2D eigenvalue weighted by Crippen LogP contribution is -2.50. The summed E-state index contributed by atoms with van der Waals surface area (Å²) in [6, 6.07) is 6.39. The normalized spacial score (nSPS) is 18.1. The fourth-order valence-corrected chi connectivity index (χ4v) is 4.23. The third kappa shape index (κ3) is 8.55. The van der Waals surface area contributed by atoms with Gasteiger partial charge in [-0.1, -0.05) is 36.7 Å². The maximum Gasteiger partial charge on any atom is 0.379 e. The molecule has 1 unspecified atom stereocenters. The maximum atomic E-state index is 14.8. The van der Waals surface area contributed by atoms with E-state index in [2.05, 4.69) is 10.5 Å². The quantitative estimate of drug-likeness (QED) is 0.357. The van der Waals surface area contributed by atoms with Gasteiger partial charge in [0, 0.05) is 48.4 Å². The van der Waals surface area contributed by atoms with E-state index in [9.17, 15) is 39.9 Å². The van der Waals surface area contributed by atoms with Crippen LogP contribution in [-0.2, 0) is 10.8 Å². The van der Waals surface area contributed by atoms with Gasteiger partial charge >= 0.3 is 6.68 Å². The van der Waals surface area contributed by atoms with Crippen molar-refractivity contribution in [3.8, 4) is 0 Å². The molecule has 2 aromatic rings. The van der Waals surface area contributed by atoms with E-state index in [0.29, 0.717) is 29.3 Å². The number of carbonyl (C=O) groups is 1. The number of hydrogen-bond acceptors (Lipinski definition) is 3. The first kappa shape index (κ1) is 32.3. The molecule has 1 atom stereocenters. The third-order valence-electron chi connectivity index (χ3n) is 5.78.